The molecule has 0 N–H and O–H groups in total. The summed E-state index contributed by atoms with van der Waals surface area (Å²) in [7, 11) is 0. The van der Waals surface area contributed by atoms with E-state index in [1.54, 1.807) is 0 Å². The fourth-order valence-corrected chi connectivity index (χ4v) is 1.71. The summed E-state index contributed by atoms with van der Waals surface area (Å²) in [6.45, 7) is 0. The Balaban J connectivity index is 1.95. The third-order valence-electron chi connectivity index (χ3n) is 2.49. The first-order valence-corrected chi connectivity index (χ1v) is 5.44. The van der Waals surface area contributed by atoms with Gasteiger partial charge in [-0.3, -0.25) is 4.79 Å². The first-order chi connectivity index (χ1) is 7.84. The minimum Gasteiger partial charge on any atom is -0.299 e. The predicted octanol–water partition coefficient (Wildman–Crippen LogP) is 3.04. The molecule has 80 valence electrons. The minimum atomic E-state index is 0.261. The van der Waals surface area contributed by atoms with Crippen LogP contribution < -0.4 is 0 Å². The molecule has 0 heterocycles. The molecule has 1 heteroatoms. The Labute approximate surface area is 95.7 Å². The number of hydrogen-bond donors (Lipinski definition) is 0. The van der Waals surface area contributed by atoms with Gasteiger partial charge in [0.25, 0.3) is 0 Å². The highest BCUT2D eigenvalue weighted by Gasteiger charge is 2.04. The lowest BCUT2D eigenvalue weighted by atomic mass is 10.1. The fraction of sp³-hybridized carbons (Fsp3) is 0.133. The van der Waals surface area contributed by atoms with Crippen LogP contribution in [0.3, 0.4) is 0 Å². The summed E-state index contributed by atoms with van der Waals surface area (Å²) in [4.78, 5) is 11.8. The molecule has 2 aromatic carbocycles. The fourth-order valence-electron chi connectivity index (χ4n) is 1.71. The van der Waals surface area contributed by atoms with Gasteiger partial charge in [-0.25, -0.2) is 0 Å². The van der Waals surface area contributed by atoms with Gasteiger partial charge < -0.3 is 0 Å². The maximum Gasteiger partial charge on any atom is 0.141 e. The number of carbonyl (C=O) groups is 1. The molecule has 2 aromatic rings. The number of hydrogen-bond acceptors (Lipinski definition) is 1. The Bertz CT molecular complexity index is 402. The normalized spacial score (nSPS) is 10.0. The quantitative estimate of drug-likeness (QED) is 0.710. The molecule has 0 unspecified atom stereocenters. The van der Waals surface area contributed by atoms with Crippen LogP contribution in [-0.2, 0) is 17.6 Å². The molecule has 0 spiro atoms. The second kappa shape index (κ2) is 5.26. The van der Waals surface area contributed by atoms with E-state index in [2.05, 4.69) is 0 Å². The first kappa shape index (κ1) is 10.6. The summed E-state index contributed by atoms with van der Waals surface area (Å²) < 4.78 is 0. The van der Waals surface area contributed by atoms with Crippen molar-refractivity contribution >= 4 is 5.78 Å². The molecule has 0 atom stereocenters. The molecule has 0 aliphatic rings. The average molecular weight is 211 g/mol. The Hall–Kier alpha value is -1.89. The molecule has 0 saturated carbocycles. The van der Waals surface area contributed by atoms with Crippen molar-refractivity contribution in [2.45, 2.75) is 12.8 Å². The van der Waals surface area contributed by atoms with Gasteiger partial charge in [-0.1, -0.05) is 60.7 Å². The number of carbonyl (C=O) groups excluding carboxylic acids is 1. The lowest BCUT2D eigenvalue weighted by Gasteiger charge is -2.01. The SMILES string of the molecule is O=[13C](Cc1ccccc1)Cc1ccccc1. The van der Waals surface area contributed by atoms with Gasteiger partial charge in [-0.05, 0) is 11.1 Å². The van der Waals surface area contributed by atoms with Crippen LogP contribution in [0.15, 0.2) is 60.7 Å². The van der Waals surface area contributed by atoms with Crippen molar-refractivity contribution in [2.24, 2.45) is 0 Å². The topological polar surface area (TPSA) is 17.1 Å². The second-order valence-electron chi connectivity index (χ2n) is 3.86. The smallest absolute Gasteiger partial charge is 0.141 e. The van der Waals surface area contributed by atoms with Gasteiger partial charge >= 0.3 is 0 Å². The number of Topliss-reactive ketones (excluding diaryl/α,β-unsaturated/α-hetero) is 1. The minimum absolute atomic E-state index is 0.261. The van der Waals surface area contributed by atoms with E-state index in [0.29, 0.717) is 12.8 Å². The molecule has 0 fully saturated rings. The van der Waals surface area contributed by atoms with Crippen LogP contribution in [0.1, 0.15) is 11.1 Å². The van der Waals surface area contributed by atoms with Crippen LogP contribution in [0.2, 0.25) is 0 Å². The van der Waals surface area contributed by atoms with Gasteiger partial charge in [0.1, 0.15) is 5.78 Å². The van der Waals surface area contributed by atoms with E-state index < -0.39 is 0 Å². The molecule has 1 nitrogen and oxygen atoms in total. The molecule has 0 bridgehead atoms. The standard InChI is InChI=1S/C15H14O/c16-15(11-13-7-3-1-4-8-13)12-14-9-5-2-6-10-14/h1-10H,11-12H2/i15+1. The molecule has 0 aromatic heterocycles. The Kier molecular flexibility index (Phi) is 3.50. The zero-order valence-electron chi connectivity index (χ0n) is 9.10. The zero-order chi connectivity index (χ0) is 11.2. The number of ketones is 1. The van der Waals surface area contributed by atoms with Crippen LogP contribution in [0.5, 0.6) is 0 Å². The summed E-state index contributed by atoms with van der Waals surface area (Å²) >= 11 is 0. The van der Waals surface area contributed by atoms with Crippen LogP contribution in [0.4, 0.5) is 0 Å². The van der Waals surface area contributed by atoms with Crippen molar-refractivity contribution < 1.29 is 4.79 Å². The van der Waals surface area contributed by atoms with Crippen LogP contribution >= 0.6 is 0 Å². The van der Waals surface area contributed by atoms with E-state index in [1.165, 1.54) is 0 Å². The molecule has 0 aliphatic carbocycles. The largest absolute Gasteiger partial charge is 0.299 e. The molecular weight excluding hydrogens is 197 g/mol. The van der Waals surface area contributed by atoms with Crippen molar-refractivity contribution in [3.8, 4) is 0 Å². The predicted molar refractivity (Wildman–Crippen MR) is 65.3 cm³/mol. The lowest BCUT2D eigenvalue weighted by molar-refractivity contribution is -0.117. The van der Waals surface area contributed by atoms with Crippen molar-refractivity contribution in [2.75, 3.05) is 0 Å². The summed E-state index contributed by atoms with van der Waals surface area (Å²) in [6.07, 6.45) is 1.05. The third-order valence-corrected chi connectivity index (χ3v) is 2.49. The highest BCUT2D eigenvalue weighted by molar-refractivity contribution is 5.83. The maximum atomic E-state index is 11.8. The van der Waals surface area contributed by atoms with E-state index in [9.17, 15) is 4.79 Å². The molecule has 0 aliphatic heterocycles. The molecule has 0 radical (unpaired) electrons. The van der Waals surface area contributed by atoms with Gasteiger partial charge in [0.15, 0.2) is 0 Å². The zero-order valence-corrected chi connectivity index (χ0v) is 9.10. The van der Waals surface area contributed by atoms with Gasteiger partial charge in [0.05, 0.1) is 0 Å². The van der Waals surface area contributed by atoms with Gasteiger partial charge in [-0.15, -0.1) is 0 Å². The van der Waals surface area contributed by atoms with Crippen molar-refractivity contribution in [3.05, 3.63) is 71.8 Å². The van der Waals surface area contributed by atoms with Crippen molar-refractivity contribution in [1.29, 1.82) is 0 Å². The van der Waals surface area contributed by atoms with Gasteiger partial charge in [0.2, 0.25) is 0 Å². The highest BCUT2D eigenvalue weighted by Crippen LogP contribution is 2.05. The van der Waals surface area contributed by atoms with E-state index in [4.69, 9.17) is 0 Å². The summed E-state index contributed by atoms with van der Waals surface area (Å²) in [6, 6.07) is 19.7. The molecule has 2 rings (SSSR count). The first-order valence-electron chi connectivity index (χ1n) is 5.44. The van der Waals surface area contributed by atoms with E-state index in [-0.39, 0.29) is 5.78 Å². The summed E-state index contributed by atoms with van der Waals surface area (Å²) in [5.74, 6) is 0.261. The number of benzene rings is 2. The maximum absolute atomic E-state index is 11.8. The summed E-state index contributed by atoms with van der Waals surface area (Å²) in [5.41, 5.74) is 2.17. The monoisotopic (exact) mass is 211 g/mol. The highest BCUT2D eigenvalue weighted by atomic mass is 16.2. The lowest BCUT2D eigenvalue weighted by Crippen LogP contribution is -2.06. The third kappa shape index (κ3) is 3.06. The van der Waals surface area contributed by atoms with Crippen LogP contribution in [0.25, 0.3) is 0 Å². The van der Waals surface area contributed by atoms with Crippen molar-refractivity contribution in [3.63, 3.8) is 0 Å². The van der Waals surface area contributed by atoms with E-state index in [1.807, 2.05) is 60.7 Å². The molecule has 16 heavy (non-hydrogen) atoms. The van der Waals surface area contributed by atoms with E-state index >= 15 is 0 Å². The molecule has 0 saturated heterocycles. The second-order valence-corrected chi connectivity index (χ2v) is 3.86. The molecular formula is C15H14O. The van der Waals surface area contributed by atoms with Gasteiger partial charge in [0, 0.05) is 12.8 Å². The van der Waals surface area contributed by atoms with Gasteiger partial charge in [-0.2, -0.15) is 0 Å². The number of rotatable bonds is 4. The Morgan fingerprint density at radius 1 is 0.688 bits per heavy atom. The Morgan fingerprint density at radius 2 is 1.06 bits per heavy atom. The van der Waals surface area contributed by atoms with E-state index in [0.717, 1.165) is 11.1 Å². The Morgan fingerprint density at radius 3 is 1.44 bits per heavy atom. The van der Waals surface area contributed by atoms with Crippen LogP contribution in [-0.4, -0.2) is 5.78 Å². The van der Waals surface area contributed by atoms with Crippen LogP contribution in [0, 0.1) is 0 Å². The average Bonchev–Trinajstić information content (AvgIpc) is 2.31. The molecule has 0 amide bonds. The summed E-state index contributed by atoms with van der Waals surface area (Å²) in [5, 5.41) is 0. The van der Waals surface area contributed by atoms with Crippen molar-refractivity contribution in [1.82, 2.24) is 0 Å².